The second-order valence-electron chi connectivity index (χ2n) is 5.06. The van der Waals surface area contributed by atoms with Crippen molar-refractivity contribution in [1.29, 1.82) is 0 Å². The summed E-state index contributed by atoms with van der Waals surface area (Å²) in [5.74, 6) is 0.187. The van der Waals surface area contributed by atoms with Gasteiger partial charge in [0.15, 0.2) is 23.3 Å². The average Bonchev–Trinajstić information content (AvgIpc) is 2.74. The first-order valence-electron chi connectivity index (χ1n) is 6.37. The van der Waals surface area contributed by atoms with Gasteiger partial charge >= 0.3 is 0 Å². The number of anilines is 2. The van der Waals surface area contributed by atoms with Crippen molar-refractivity contribution in [2.45, 2.75) is 26.2 Å². The summed E-state index contributed by atoms with van der Waals surface area (Å²) < 4.78 is 26.8. The topological polar surface area (TPSA) is 37.0 Å². The third-order valence-corrected chi connectivity index (χ3v) is 3.53. The summed E-state index contributed by atoms with van der Waals surface area (Å²) in [6.45, 7) is 2.93. The molecule has 0 aliphatic heterocycles. The maximum atomic E-state index is 13.5. The Hall–Kier alpha value is -1.39. The number of hydrogen-bond acceptors (Lipinski definition) is 3. The van der Waals surface area contributed by atoms with Crippen molar-refractivity contribution in [2.75, 3.05) is 24.2 Å². The predicted molar refractivity (Wildman–Crippen MR) is 68.7 cm³/mol. The standard InChI is InChI=1S/C13H19F2N3/c1-8-3-4-9(5-8)7-17-13-11(15)6-10(14)12(16-2)18-13/h6,8-9H,3-5,7H2,1-2H3,(H2,16,17,18). The van der Waals surface area contributed by atoms with E-state index in [-0.39, 0.29) is 11.6 Å². The maximum Gasteiger partial charge on any atom is 0.168 e. The Labute approximate surface area is 106 Å². The molecule has 1 aromatic rings. The van der Waals surface area contributed by atoms with Crippen LogP contribution in [0.25, 0.3) is 0 Å². The van der Waals surface area contributed by atoms with Crippen molar-refractivity contribution in [3.8, 4) is 0 Å². The zero-order valence-corrected chi connectivity index (χ0v) is 10.8. The highest BCUT2D eigenvalue weighted by Gasteiger charge is 2.21. The van der Waals surface area contributed by atoms with Crippen LogP contribution in [-0.2, 0) is 0 Å². The molecule has 1 aliphatic rings. The van der Waals surface area contributed by atoms with E-state index in [1.807, 2.05) is 0 Å². The van der Waals surface area contributed by atoms with E-state index in [0.29, 0.717) is 12.5 Å². The number of pyridine rings is 1. The number of aromatic nitrogens is 1. The van der Waals surface area contributed by atoms with E-state index in [1.54, 1.807) is 7.05 Å². The van der Waals surface area contributed by atoms with Gasteiger partial charge in [0.05, 0.1) is 0 Å². The molecule has 5 heteroatoms. The molecule has 0 radical (unpaired) electrons. The Bertz CT molecular complexity index is 423. The quantitative estimate of drug-likeness (QED) is 0.867. The van der Waals surface area contributed by atoms with Gasteiger partial charge in [-0.25, -0.2) is 13.8 Å². The third-order valence-electron chi connectivity index (χ3n) is 3.53. The molecule has 1 aromatic heterocycles. The highest BCUT2D eigenvalue weighted by atomic mass is 19.1. The molecule has 2 unspecified atom stereocenters. The van der Waals surface area contributed by atoms with Crippen LogP contribution in [0.15, 0.2) is 6.07 Å². The van der Waals surface area contributed by atoms with Gasteiger partial charge in [-0.15, -0.1) is 0 Å². The van der Waals surface area contributed by atoms with Gasteiger partial charge in [0.25, 0.3) is 0 Å². The number of nitrogens with one attached hydrogen (secondary N) is 2. The van der Waals surface area contributed by atoms with Crippen LogP contribution in [0, 0.1) is 23.5 Å². The van der Waals surface area contributed by atoms with Gasteiger partial charge in [-0.05, 0) is 24.7 Å². The molecule has 2 rings (SSSR count). The van der Waals surface area contributed by atoms with Crippen LogP contribution in [0.2, 0.25) is 0 Å². The molecule has 1 heterocycles. The van der Waals surface area contributed by atoms with Crippen LogP contribution in [0.4, 0.5) is 20.4 Å². The van der Waals surface area contributed by atoms with Crippen LogP contribution < -0.4 is 10.6 Å². The van der Waals surface area contributed by atoms with E-state index in [1.165, 1.54) is 6.42 Å². The molecule has 0 bridgehead atoms. The lowest BCUT2D eigenvalue weighted by Crippen LogP contribution is -2.14. The Morgan fingerprint density at radius 3 is 2.61 bits per heavy atom. The number of halogens is 2. The summed E-state index contributed by atoms with van der Waals surface area (Å²) in [4.78, 5) is 3.90. The highest BCUT2D eigenvalue weighted by molar-refractivity contribution is 5.47. The van der Waals surface area contributed by atoms with Crippen LogP contribution in [0.1, 0.15) is 26.2 Å². The fraction of sp³-hybridized carbons (Fsp3) is 0.615. The van der Waals surface area contributed by atoms with Gasteiger partial charge in [0.2, 0.25) is 0 Å². The fourth-order valence-corrected chi connectivity index (χ4v) is 2.52. The minimum absolute atomic E-state index is 0.0682. The van der Waals surface area contributed by atoms with E-state index in [4.69, 9.17) is 0 Å². The first-order valence-corrected chi connectivity index (χ1v) is 6.37. The third kappa shape index (κ3) is 2.89. The fourth-order valence-electron chi connectivity index (χ4n) is 2.52. The predicted octanol–water partition coefficient (Wildman–Crippen LogP) is 3.25. The molecule has 1 saturated carbocycles. The second-order valence-corrected chi connectivity index (χ2v) is 5.06. The van der Waals surface area contributed by atoms with Gasteiger partial charge in [0, 0.05) is 19.7 Å². The van der Waals surface area contributed by atoms with E-state index >= 15 is 0 Å². The molecule has 0 amide bonds. The monoisotopic (exact) mass is 255 g/mol. The molecule has 18 heavy (non-hydrogen) atoms. The molecule has 0 aromatic carbocycles. The highest BCUT2D eigenvalue weighted by Crippen LogP contribution is 2.30. The molecule has 0 spiro atoms. The van der Waals surface area contributed by atoms with E-state index in [9.17, 15) is 8.78 Å². The molecule has 2 N–H and O–H groups in total. The number of hydrogen-bond donors (Lipinski definition) is 2. The Morgan fingerprint density at radius 2 is 2.00 bits per heavy atom. The normalized spacial score (nSPS) is 23.1. The van der Waals surface area contributed by atoms with Gasteiger partial charge in [0.1, 0.15) is 0 Å². The molecule has 3 nitrogen and oxygen atoms in total. The van der Waals surface area contributed by atoms with Gasteiger partial charge in [-0.3, -0.25) is 0 Å². The van der Waals surface area contributed by atoms with Crippen LogP contribution in [0.5, 0.6) is 0 Å². The summed E-state index contributed by atoms with van der Waals surface area (Å²) >= 11 is 0. The molecule has 100 valence electrons. The van der Waals surface area contributed by atoms with E-state index in [2.05, 4.69) is 22.5 Å². The number of rotatable bonds is 4. The zero-order chi connectivity index (χ0) is 13.1. The van der Waals surface area contributed by atoms with Gasteiger partial charge in [-0.1, -0.05) is 13.3 Å². The van der Waals surface area contributed by atoms with Crippen LogP contribution >= 0.6 is 0 Å². The summed E-state index contributed by atoms with van der Waals surface area (Å²) in [6, 6.07) is 0.860. The van der Waals surface area contributed by atoms with Crippen molar-refractivity contribution >= 4 is 11.6 Å². The Morgan fingerprint density at radius 1 is 1.28 bits per heavy atom. The SMILES string of the molecule is CNc1nc(NCC2CCC(C)C2)c(F)cc1F. The Balaban J connectivity index is 2.00. The molecular formula is C13H19F2N3. The lowest BCUT2D eigenvalue weighted by molar-refractivity contribution is 0.532. The van der Waals surface area contributed by atoms with Gasteiger partial charge in [-0.2, -0.15) is 0 Å². The molecule has 2 atom stereocenters. The van der Waals surface area contributed by atoms with Crippen molar-refractivity contribution in [3.63, 3.8) is 0 Å². The summed E-state index contributed by atoms with van der Waals surface area (Å²) in [6.07, 6.45) is 3.55. The Kier molecular flexibility index (Phi) is 3.99. The average molecular weight is 255 g/mol. The molecule has 1 aliphatic carbocycles. The van der Waals surface area contributed by atoms with E-state index in [0.717, 1.165) is 24.8 Å². The second kappa shape index (κ2) is 5.50. The summed E-state index contributed by atoms with van der Waals surface area (Å²) in [5, 5.41) is 5.59. The maximum absolute atomic E-state index is 13.5. The lowest BCUT2D eigenvalue weighted by Gasteiger charge is -2.13. The lowest BCUT2D eigenvalue weighted by atomic mass is 10.1. The minimum atomic E-state index is -0.671. The minimum Gasteiger partial charge on any atom is -0.371 e. The van der Waals surface area contributed by atoms with Crippen molar-refractivity contribution in [3.05, 3.63) is 17.7 Å². The van der Waals surface area contributed by atoms with Crippen LogP contribution in [-0.4, -0.2) is 18.6 Å². The zero-order valence-electron chi connectivity index (χ0n) is 10.8. The summed E-state index contributed by atoms with van der Waals surface area (Å²) in [7, 11) is 1.56. The first kappa shape index (κ1) is 13.1. The van der Waals surface area contributed by atoms with Crippen LogP contribution in [0.3, 0.4) is 0 Å². The van der Waals surface area contributed by atoms with Crippen molar-refractivity contribution in [2.24, 2.45) is 11.8 Å². The summed E-state index contributed by atoms with van der Waals surface area (Å²) in [5.41, 5.74) is 0. The van der Waals surface area contributed by atoms with Crippen molar-refractivity contribution < 1.29 is 8.78 Å². The molecular weight excluding hydrogens is 236 g/mol. The van der Waals surface area contributed by atoms with Gasteiger partial charge < -0.3 is 10.6 Å². The smallest absolute Gasteiger partial charge is 0.168 e. The van der Waals surface area contributed by atoms with Crippen molar-refractivity contribution in [1.82, 2.24) is 4.98 Å². The largest absolute Gasteiger partial charge is 0.371 e. The first-order chi connectivity index (χ1) is 8.60. The molecule has 1 fully saturated rings. The number of nitrogens with zero attached hydrogens (tertiary/aromatic N) is 1. The molecule has 0 saturated heterocycles. The van der Waals surface area contributed by atoms with E-state index < -0.39 is 11.6 Å².